The lowest BCUT2D eigenvalue weighted by Crippen LogP contribution is -2.38. The summed E-state index contributed by atoms with van der Waals surface area (Å²) in [6, 6.07) is 12.5. The van der Waals surface area contributed by atoms with Crippen LogP contribution in [0.15, 0.2) is 63.4 Å². The number of allylic oxidation sites excluding steroid dienone is 3. The minimum absolute atomic E-state index is 0.0667. The first-order valence-electron chi connectivity index (χ1n) is 13.1. The molecule has 0 spiro atoms. The number of Topliss-reactive ketones (excluding diaryl/α,β-unsaturated/α-hetero) is 1. The summed E-state index contributed by atoms with van der Waals surface area (Å²) < 4.78 is 16.7. The molecule has 43 heavy (non-hydrogen) atoms. The van der Waals surface area contributed by atoms with Crippen LogP contribution >= 0.6 is 34.7 Å². The highest BCUT2D eigenvalue weighted by atomic mass is 35.5. The highest BCUT2D eigenvalue weighted by molar-refractivity contribution is 8.01. The van der Waals surface area contributed by atoms with E-state index in [0.29, 0.717) is 73.5 Å². The van der Waals surface area contributed by atoms with Crippen LogP contribution in [0.2, 0.25) is 5.02 Å². The van der Waals surface area contributed by atoms with Gasteiger partial charge < -0.3 is 25.3 Å². The van der Waals surface area contributed by atoms with Crippen LogP contribution in [-0.4, -0.2) is 49.0 Å². The molecule has 11 nitrogen and oxygen atoms in total. The number of rotatable bonds is 9. The predicted octanol–water partition coefficient (Wildman–Crippen LogP) is 5.25. The van der Waals surface area contributed by atoms with Crippen LogP contribution < -0.4 is 30.2 Å². The van der Waals surface area contributed by atoms with E-state index < -0.39 is 5.92 Å². The Hall–Kier alpha value is -4.25. The molecule has 0 saturated heterocycles. The molecule has 1 aliphatic carbocycles. The van der Waals surface area contributed by atoms with Gasteiger partial charge in [0.2, 0.25) is 11.0 Å². The zero-order valence-electron chi connectivity index (χ0n) is 23.5. The van der Waals surface area contributed by atoms with Gasteiger partial charge in [-0.15, -0.1) is 10.2 Å². The molecule has 1 amide bonds. The van der Waals surface area contributed by atoms with Gasteiger partial charge in [-0.25, -0.2) is 0 Å². The minimum atomic E-state index is -0.731. The number of ketones is 1. The van der Waals surface area contributed by atoms with Crippen molar-refractivity contribution in [2.24, 2.45) is 5.73 Å². The van der Waals surface area contributed by atoms with E-state index in [1.165, 1.54) is 37.3 Å². The van der Waals surface area contributed by atoms with Gasteiger partial charge >= 0.3 is 0 Å². The minimum Gasteiger partial charge on any atom is -0.497 e. The number of methoxy groups -OCH3 is 3. The van der Waals surface area contributed by atoms with Crippen LogP contribution in [0.5, 0.6) is 17.2 Å². The first-order valence-corrected chi connectivity index (χ1v) is 15.2. The summed E-state index contributed by atoms with van der Waals surface area (Å²) in [6.45, 7) is 0. The Kier molecular flexibility index (Phi) is 9.10. The van der Waals surface area contributed by atoms with Gasteiger partial charge in [0.25, 0.3) is 0 Å². The van der Waals surface area contributed by atoms with Crippen molar-refractivity contribution >= 4 is 57.2 Å². The van der Waals surface area contributed by atoms with Gasteiger partial charge in [-0.3, -0.25) is 14.5 Å². The maximum absolute atomic E-state index is 13.5. The van der Waals surface area contributed by atoms with Crippen molar-refractivity contribution in [3.63, 3.8) is 0 Å². The first kappa shape index (κ1) is 30.2. The number of benzene rings is 2. The lowest BCUT2D eigenvalue weighted by molar-refractivity contribution is -0.116. The van der Waals surface area contributed by atoms with Gasteiger partial charge in [-0.05, 0) is 49.2 Å². The van der Waals surface area contributed by atoms with Crippen molar-refractivity contribution < 1.29 is 23.8 Å². The molecule has 1 aromatic heterocycles. The number of carbonyl (C=O) groups excluding carboxylic acids is 2. The second-order valence-corrected chi connectivity index (χ2v) is 12.0. The molecule has 2 aromatic carbocycles. The molecule has 5 rings (SSSR count). The second-order valence-electron chi connectivity index (χ2n) is 9.46. The molecule has 3 aromatic rings. The molecule has 3 N–H and O–H groups in total. The Morgan fingerprint density at radius 3 is 2.63 bits per heavy atom. The Morgan fingerprint density at radius 2 is 1.93 bits per heavy atom. The van der Waals surface area contributed by atoms with Crippen molar-refractivity contribution in [3.8, 4) is 23.3 Å². The smallest absolute Gasteiger partial charge is 0.234 e. The van der Waals surface area contributed by atoms with E-state index in [1.54, 1.807) is 48.4 Å². The Bertz CT molecular complexity index is 1700. The van der Waals surface area contributed by atoms with Crippen LogP contribution in [0.4, 0.5) is 10.8 Å². The lowest BCUT2D eigenvalue weighted by atomic mass is 9.75. The van der Waals surface area contributed by atoms with Gasteiger partial charge in [0.05, 0.1) is 49.7 Å². The molecular formula is C29H27ClN6O5S2. The second kappa shape index (κ2) is 12.9. The van der Waals surface area contributed by atoms with Crippen molar-refractivity contribution in [3.05, 3.63) is 69.6 Å². The monoisotopic (exact) mass is 638 g/mol. The molecule has 0 saturated carbocycles. The van der Waals surface area contributed by atoms with Gasteiger partial charge in [0, 0.05) is 28.9 Å². The topological polar surface area (TPSA) is 153 Å². The Labute approximate surface area is 261 Å². The number of thioether (sulfide) groups is 1. The predicted molar refractivity (Wildman–Crippen MR) is 165 cm³/mol. The van der Waals surface area contributed by atoms with Gasteiger partial charge in [-0.1, -0.05) is 34.7 Å². The molecule has 1 aliphatic heterocycles. The van der Waals surface area contributed by atoms with E-state index in [2.05, 4.69) is 21.6 Å². The summed E-state index contributed by atoms with van der Waals surface area (Å²) in [7, 11) is 4.59. The van der Waals surface area contributed by atoms with Crippen LogP contribution in [0.25, 0.3) is 0 Å². The fourth-order valence-corrected chi connectivity index (χ4v) is 7.04. The van der Waals surface area contributed by atoms with E-state index in [0.717, 1.165) is 0 Å². The quantitative estimate of drug-likeness (QED) is 0.295. The highest BCUT2D eigenvalue weighted by Crippen LogP contribution is 2.49. The maximum Gasteiger partial charge on any atom is 0.234 e. The van der Waals surface area contributed by atoms with Crippen molar-refractivity contribution in [1.82, 2.24) is 10.2 Å². The number of nitrogens with one attached hydrogen (secondary N) is 1. The van der Waals surface area contributed by atoms with Crippen molar-refractivity contribution in [2.45, 2.75) is 29.5 Å². The SMILES string of the molecule is COc1ccc(OC)c(C2C(C#N)=C(N)N(c3nnc(SCC(=O)Nc4ccc(OC)c(Cl)c4)s3)C3=C2C(=O)CCC3)c1. The number of carbonyl (C=O) groups is 2. The summed E-state index contributed by atoms with van der Waals surface area (Å²) in [5, 5.41) is 22.5. The lowest BCUT2D eigenvalue weighted by Gasteiger charge is -2.38. The number of aromatic nitrogens is 2. The summed E-state index contributed by atoms with van der Waals surface area (Å²) in [5.41, 5.74) is 9.16. The average Bonchev–Trinajstić information content (AvgIpc) is 3.47. The molecule has 2 aliphatic rings. The summed E-state index contributed by atoms with van der Waals surface area (Å²) in [6.07, 6.45) is 1.53. The van der Waals surface area contributed by atoms with E-state index in [-0.39, 0.29) is 28.8 Å². The van der Waals surface area contributed by atoms with E-state index in [9.17, 15) is 14.9 Å². The third-order valence-electron chi connectivity index (χ3n) is 7.01. The van der Waals surface area contributed by atoms with Crippen LogP contribution in [-0.2, 0) is 9.59 Å². The van der Waals surface area contributed by atoms with Gasteiger partial charge in [-0.2, -0.15) is 5.26 Å². The molecule has 0 bridgehead atoms. The molecule has 0 fully saturated rings. The van der Waals surface area contributed by atoms with Crippen molar-refractivity contribution in [2.75, 3.05) is 37.3 Å². The fourth-order valence-electron chi connectivity index (χ4n) is 5.10. The zero-order chi connectivity index (χ0) is 30.7. The van der Waals surface area contributed by atoms with Crippen LogP contribution in [0.1, 0.15) is 30.7 Å². The van der Waals surface area contributed by atoms with E-state index in [4.69, 9.17) is 31.5 Å². The summed E-state index contributed by atoms with van der Waals surface area (Å²) in [5.74, 6) is 0.740. The number of anilines is 2. The van der Waals surface area contributed by atoms with Crippen LogP contribution in [0.3, 0.4) is 0 Å². The summed E-state index contributed by atoms with van der Waals surface area (Å²) >= 11 is 8.57. The number of hydrogen-bond donors (Lipinski definition) is 2. The fraction of sp³-hybridized carbons (Fsp3) is 0.276. The van der Waals surface area contributed by atoms with Gasteiger partial charge in [0.15, 0.2) is 10.1 Å². The first-order chi connectivity index (χ1) is 20.8. The third-order valence-corrected chi connectivity index (χ3v) is 9.35. The Morgan fingerprint density at radius 1 is 1.16 bits per heavy atom. The van der Waals surface area contributed by atoms with Crippen molar-refractivity contribution in [1.29, 1.82) is 5.26 Å². The number of nitriles is 1. The molecular weight excluding hydrogens is 612 g/mol. The van der Waals surface area contributed by atoms with E-state index >= 15 is 0 Å². The molecule has 1 unspecified atom stereocenters. The number of nitrogens with two attached hydrogens (primary N) is 1. The van der Waals surface area contributed by atoms with Crippen LogP contribution in [0, 0.1) is 11.3 Å². The number of ether oxygens (including phenoxy) is 3. The Balaban J connectivity index is 1.43. The molecule has 222 valence electrons. The third kappa shape index (κ3) is 5.99. The standard InChI is InChI=1S/C29H27ClN6O5S2/c1-39-16-8-10-22(40-2)17(12-16)25-18(13-31)27(32)36(20-5-4-6-21(37)26(20)25)28-34-35-29(43-28)42-14-24(38)33-15-7-9-23(41-3)19(30)11-15/h7-12,25H,4-6,14,32H2,1-3H3,(H,33,38). The number of halogens is 1. The molecule has 0 radical (unpaired) electrons. The highest BCUT2D eigenvalue weighted by Gasteiger charge is 2.42. The van der Waals surface area contributed by atoms with Gasteiger partial charge in [0.1, 0.15) is 23.1 Å². The largest absolute Gasteiger partial charge is 0.497 e. The normalized spacial score (nSPS) is 16.5. The van der Waals surface area contributed by atoms with E-state index in [1.807, 2.05) is 0 Å². The number of nitrogens with zero attached hydrogens (tertiary/aromatic N) is 4. The number of amides is 1. The maximum atomic E-state index is 13.5. The average molecular weight is 639 g/mol. The molecule has 14 heteroatoms. The molecule has 2 heterocycles. The zero-order valence-corrected chi connectivity index (χ0v) is 25.9. The summed E-state index contributed by atoms with van der Waals surface area (Å²) in [4.78, 5) is 27.7. The molecule has 1 atom stereocenters. The number of hydrogen-bond acceptors (Lipinski definition) is 12.